The van der Waals surface area contributed by atoms with Crippen LogP contribution in [-0.4, -0.2) is 52.8 Å². The van der Waals surface area contributed by atoms with Crippen molar-refractivity contribution in [3.8, 4) is 0 Å². The third kappa shape index (κ3) is 5.42. The highest BCUT2D eigenvalue weighted by Crippen LogP contribution is 2.39. The van der Waals surface area contributed by atoms with E-state index in [4.69, 9.17) is 23.2 Å². The Kier molecular flexibility index (Phi) is 7.57. The molecule has 7 nitrogen and oxygen atoms in total. The van der Waals surface area contributed by atoms with E-state index in [-0.39, 0.29) is 5.91 Å². The molecule has 0 unspecified atom stereocenters. The van der Waals surface area contributed by atoms with E-state index < -0.39 is 0 Å². The number of para-hydroxylation sites is 1. The van der Waals surface area contributed by atoms with Crippen LogP contribution in [0.4, 0.5) is 23.0 Å². The fourth-order valence-electron chi connectivity index (χ4n) is 4.68. The van der Waals surface area contributed by atoms with Gasteiger partial charge in [0, 0.05) is 29.7 Å². The van der Waals surface area contributed by atoms with Crippen molar-refractivity contribution < 1.29 is 4.79 Å². The maximum absolute atomic E-state index is 13.1. The number of nitrogens with one attached hydrogen (secondary N) is 2. The third-order valence-corrected chi connectivity index (χ3v) is 8.29. The largest absolute Gasteiger partial charge is 0.382 e. The topological polar surface area (TPSA) is 73.4 Å². The summed E-state index contributed by atoms with van der Waals surface area (Å²) < 4.78 is 0. The minimum absolute atomic E-state index is 0.222. The highest BCUT2D eigenvalue weighted by atomic mass is 35.5. The average Bonchev–Trinajstić information content (AvgIpc) is 2.87. The van der Waals surface area contributed by atoms with Crippen molar-refractivity contribution in [2.24, 2.45) is 0 Å². The van der Waals surface area contributed by atoms with Crippen molar-refractivity contribution in [1.29, 1.82) is 0 Å². The smallest absolute Gasteiger partial charge is 0.263 e. The molecule has 0 atom stereocenters. The maximum Gasteiger partial charge on any atom is 0.263 e. The van der Waals surface area contributed by atoms with Gasteiger partial charge in [-0.1, -0.05) is 41.0 Å². The van der Waals surface area contributed by atoms with E-state index in [0.717, 1.165) is 11.4 Å². The molecular weight excluding hydrogens is 515 g/mol. The number of nitrogens with zero attached hydrogens (tertiary/aromatic N) is 4. The molecule has 5 rings (SSSR count). The van der Waals surface area contributed by atoms with Gasteiger partial charge in [-0.25, -0.2) is 9.97 Å². The first kappa shape index (κ1) is 25.1. The molecule has 2 N–H and O–H groups in total. The van der Waals surface area contributed by atoms with Gasteiger partial charge in [-0.2, -0.15) is 0 Å². The van der Waals surface area contributed by atoms with Crippen molar-refractivity contribution in [3.63, 3.8) is 0 Å². The highest BCUT2D eigenvalue weighted by Gasteiger charge is 2.30. The van der Waals surface area contributed by atoms with Crippen LogP contribution in [-0.2, 0) is 0 Å². The monoisotopic (exact) mass is 542 g/mol. The number of amides is 1. The van der Waals surface area contributed by atoms with Crippen molar-refractivity contribution in [2.45, 2.75) is 42.8 Å². The molecule has 2 aromatic carbocycles. The number of halogens is 2. The minimum Gasteiger partial charge on any atom is -0.382 e. The van der Waals surface area contributed by atoms with Gasteiger partial charge in [-0.05, 0) is 76.2 Å². The van der Waals surface area contributed by atoms with Crippen LogP contribution in [0.3, 0.4) is 0 Å². The molecule has 1 aliphatic carbocycles. The van der Waals surface area contributed by atoms with E-state index in [0.29, 0.717) is 50.2 Å². The molecule has 3 aromatic rings. The molecule has 2 heterocycles. The summed E-state index contributed by atoms with van der Waals surface area (Å²) in [5.74, 6) is 0.587. The zero-order chi connectivity index (χ0) is 25.2. The first-order chi connectivity index (χ1) is 17.4. The van der Waals surface area contributed by atoms with Crippen molar-refractivity contribution in [2.75, 3.05) is 35.5 Å². The summed E-state index contributed by atoms with van der Waals surface area (Å²) in [6.07, 6.45) is 6.37. The Morgan fingerprint density at radius 1 is 1.00 bits per heavy atom. The molecule has 1 aromatic heterocycles. The van der Waals surface area contributed by atoms with Crippen LogP contribution < -0.4 is 15.5 Å². The van der Waals surface area contributed by atoms with Gasteiger partial charge in [-0.3, -0.25) is 9.69 Å². The zero-order valence-electron chi connectivity index (χ0n) is 20.2. The minimum atomic E-state index is -0.222. The maximum atomic E-state index is 13.1. The number of carbonyl (C=O) groups is 1. The normalized spacial score (nSPS) is 19.8. The molecule has 1 fully saturated rings. The molecule has 0 bridgehead atoms. The summed E-state index contributed by atoms with van der Waals surface area (Å²) in [6.45, 7) is 0. The van der Waals surface area contributed by atoms with Gasteiger partial charge in [0.2, 0.25) is 5.95 Å². The quantitative estimate of drug-likeness (QED) is 0.343. The van der Waals surface area contributed by atoms with E-state index in [1.165, 1.54) is 37.4 Å². The lowest BCUT2D eigenvalue weighted by molar-refractivity contribution is 0.0985. The van der Waals surface area contributed by atoms with E-state index in [2.05, 4.69) is 51.7 Å². The second kappa shape index (κ2) is 10.8. The molecule has 1 saturated carbocycles. The van der Waals surface area contributed by atoms with Gasteiger partial charge < -0.3 is 15.5 Å². The number of carbonyl (C=O) groups excluding carboxylic acids is 1. The Labute approximate surface area is 225 Å². The molecule has 1 amide bonds. The zero-order valence-corrected chi connectivity index (χ0v) is 22.5. The van der Waals surface area contributed by atoms with Crippen LogP contribution in [0.15, 0.2) is 53.7 Å². The Balaban J connectivity index is 1.22. The Morgan fingerprint density at radius 2 is 1.67 bits per heavy atom. The number of aromatic nitrogens is 2. The van der Waals surface area contributed by atoms with E-state index in [1.54, 1.807) is 29.3 Å². The first-order valence-corrected chi connectivity index (χ1v) is 13.7. The number of hydrogen-bond acceptors (Lipinski definition) is 7. The van der Waals surface area contributed by atoms with Crippen LogP contribution in [0.5, 0.6) is 0 Å². The number of thioether (sulfide) groups is 1. The SMILES string of the molecule is CN(C)C1CCC(Nc2ccc(Nc3ncc4c(n3)SCN(c3c(Cl)cccc3Cl)C4=O)cc2)CC1. The van der Waals surface area contributed by atoms with Crippen LogP contribution in [0, 0.1) is 0 Å². The van der Waals surface area contributed by atoms with Gasteiger partial charge in [0.1, 0.15) is 5.03 Å². The third-order valence-electron chi connectivity index (χ3n) is 6.71. The number of hydrogen-bond donors (Lipinski definition) is 2. The lowest BCUT2D eigenvalue weighted by Gasteiger charge is -2.33. The second-order valence-corrected chi connectivity index (χ2v) is 11.1. The summed E-state index contributed by atoms with van der Waals surface area (Å²) in [4.78, 5) is 26.0. The molecule has 0 spiro atoms. The van der Waals surface area contributed by atoms with Gasteiger partial charge >= 0.3 is 0 Å². The Bertz CT molecular complexity index is 1230. The molecule has 188 valence electrons. The molecule has 10 heteroatoms. The van der Waals surface area contributed by atoms with Crippen LogP contribution in [0.1, 0.15) is 36.0 Å². The predicted molar refractivity (Wildman–Crippen MR) is 149 cm³/mol. The standard InChI is InChI=1S/C26H28Cl2N6OS/c1-33(2)19-12-10-17(11-13-19)30-16-6-8-18(9-7-16)31-26-29-14-20-24(32-26)36-15-34(25(20)35)23-21(27)4-3-5-22(23)28/h3-9,14,17,19,30H,10-13,15H2,1-2H3,(H,29,31,32). The summed E-state index contributed by atoms with van der Waals surface area (Å²) in [5, 5.41) is 8.39. The van der Waals surface area contributed by atoms with Crippen LogP contribution in [0.25, 0.3) is 0 Å². The van der Waals surface area contributed by atoms with Crippen molar-refractivity contribution >= 4 is 63.9 Å². The van der Waals surface area contributed by atoms with Crippen LogP contribution in [0.2, 0.25) is 10.0 Å². The molecular formula is C26H28Cl2N6OS. The van der Waals surface area contributed by atoms with Gasteiger partial charge in [0.05, 0.1) is 27.2 Å². The molecule has 0 saturated heterocycles. The fourth-order valence-corrected chi connectivity index (χ4v) is 6.22. The highest BCUT2D eigenvalue weighted by molar-refractivity contribution is 7.99. The number of fused-ring (bicyclic) bond motifs is 1. The number of rotatable bonds is 6. The molecule has 0 radical (unpaired) electrons. The summed E-state index contributed by atoms with van der Waals surface area (Å²) in [6, 6.07) is 14.6. The van der Waals surface area contributed by atoms with Crippen molar-refractivity contribution in [1.82, 2.24) is 14.9 Å². The summed E-state index contributed by atoms with van der Waals surface area (Å²) in [7, 11) is 4.33. The summed E-state index contributed by atoms with van der Waals surface area (Å²) in [5.41, 5.74) is 2.93. The fraction of sp³-hybridized carbons (Fsp3) is 0.346. The van der Waals surface area contributed by atoms with Crippen LogP contribution >= 0.6 is 35.0 Å². The van der Waals surface area contributed by atoms with Gasteiger partial charge in [0.15, 0.2) is 0 Å². The second-order valence-electron chi connectivity index (χ2n) is 9.31. The van der Waals surface area contributed by atoms with Crippen molar-refractivity contribution in [3.05, 3.63) is 64.3 Å². The van der Waals surface area contributed by atoms with Gasteiger partial charge in [0.25, 0.3) is 5.91 Å². The Morgan fingerprint density at radius 3 is 2.33 bits per heavy atom. The predicted octanol–water partition coefficient (Wildman–Crippen LogP) is 6.52. The molecule has 1 aliphatic heterocycles. The lowest BCUT2D eigenvalue weighted by Crippen LogP contribution is -2.36. The molecule has 2 aliphatic rings. The first-order valence-electron chi connectivity index (χ1n) is 11.9. The Hall–Kier alpha value is -2.52. The lowest BCUT2D eigenvalue weighted by atomic mass is 9.90. The summed E-state index contributed by atoms with van der Waals surface area (Å²) >= 11 is 14.1. The average molecular weight is 544 g/mol. The van der Waals surface area contributed by atoms with E-state index in [1.807, 2.05) is 12.1 Å². The van der Waals surface area contributed by atoms with E-state index >= 15 is 0 Å². The van der Waals surface area contributed by atoms with Gasteiger partial charge in [-0.15, -0.1) is 0 Å². The number of benzene rings is 2. The van der Waals surface area contributed by atoms with E-state index in [9.17, 15) is 4.79 Å². The number of anilines is 4. The molecule has 36 heavy (non-hydrogen) atoms.